The molecule has 2 rings (SSSR count). The minimum atomic E-state index is -4.48. The Hall–Kier alpha value is -1.43. The summed E-state index contributed by atoms with van der Waals surface area (Å²) in [5, 5.41) is 0. The molecule has 1 unspecified atom stereocenters. The van der Waals surface area contributed by atoms with Gasteiger partial charge in [0.25, 0.3) is 0 Å². The van der Waals surface area contributed by atoms with E-state index in [0.29, 0.717) is 6.42 Å². The average Bonchev–Trinajstić information content (AvgIpc) is 2.28. The third-order valence-electron chi connectivity index (χ3n) is 2.50. The van der Waals surface area contributed by atoms with Crippen LogP contribution in [0.4, 0.5) is 13.2 Å². The maximum Gasteiger partial charge on any atom is 0.433 e. The van der Waals surface area contributed by atoms with Crippen molar-refractivity contribution in [2.45, 2.75) is 25.1 Å². The highest BCUT2D eigenvalue weighted by Crippen LogP contribution is 2.30. The molecule has 1 fully saturated rings. The molecular weight excluding hydrogens is 235 g/mol. The number of carbonyl (C=O) groups excluding carboxylic acids is 1. The molecule has 0 spiro atoms. The molecule has 0 bridgehead atoms. The van der Waals surface area contributed by atoms with Gasteiger partial charge in [0.05, 0.1) is 12.3 Å². The molecule has 1 saturated heterocycles. The molecule has 0 radical (unpaired) electrons. The lowest BCUT2D eigenvalue weighted by molar-refractivity contribution is -0.141. The van der Waals surface area contributed by atoms with Gasteiger partial charge in [0.15, 0.2) is 0 Å². The van der Waals surface area contributed by atoms with Crippen LogP contribution in [0.5, 0.6) is 0 Å². The first kappa shape index (κ1) is 12.0. The van der Waals surface area contributed by atoms with E-state index in [9.17, 15) is 18.0 Å². The lowest BCUT2D eigenvalue weighted by atomic mass is 10.0. The number of Topliss-reactive ketones (excluding diaryl/α,β-unsaturated/α-hetero) is 1. The zero-order chi connectivity index (χ0) is 12.5. The lowest BCUT2D eigenvalue weighted by Crippen LogP contribution is -2.21. The van der Waals surface area contributed by atoms with Crippen LogP contribution in [0.2, 0.25) is 0 Å². The lowest BCUT2D eigenvalue weighted by Gasteiger charge is -2.21. The molecule has 0 saturated carbocycles. The van der Waals surface area contributed by atoms with Crippen LogP contribution in [0.3, 0.4) is 0 Å². The Morgan fingerprint density at radius 1 is 1.35 bits per heavy atom. The zero-order valence-electron chi connectivity index (χ0n) is 8.83. The number of nitrogens with zero attached hydrogens (tertiary/aromatic N) is 1. The summed E-state index contributed by atoms with van der Waals surface area (Å²) in [5.41, 5.74) is -0.801. The molecule has 0 amide bonds. The van der Waals surface area contributed by atoms with Gasteiger partial charge in [0.1, 0.15) is 17.6 Å². The molecule has 1 aromatic rings. The van der Waals surface area contributed by atoms with Crippen molar-refractivity contribution >= 4 is 5.78 Å². The minimum Gasteiger partial charge on any atom is -0.371 e. The van der Waals surface area contributed by atoms with Gasteiger partial charge in [-0.3, -0.25) is 4.79 Å². The second-order valence-electron chi connectivity index (χ2n) is 3.80. The highest BCUT2D eigenvalue weighted by atomic mass is 19.4. The molecule has 1 aliphatic rings. The molecule has 0 aliphatic carbocycles. The number of hydrogen-bond acceptors (Lipinski definition) is 3. The van der Waals surface area contributed by atoms with E-state index in [2.05, 4.69) is 4.98 Å². The van der Waals surface area contributed by atoms with E-state index in [1.54, 1.807) is 0 Å². The monoisotopic (exact) mass is 245 g/mol. The first-order valence-corrected chi connectivity index (χ1v) is 5.14. The summed E-state index contributed by atoms with van der Waals surface area (Å²) in [4.78, 5) is 14.7. The number of halogens is 3. The van der Waals surface area contributed by atoms with Gasteiger partial charge >= 0.3 is 6.18 Å². The van der Waals surface area contributed by atoms with Gasteiger partial charge in [-0.05, 0) is 12.1 Å². The second kappa shape index (κ2) is 4.44. The number of carbonyl (C=O) groups is 1. The SMILES string of the molecule is O=C1CCOC(c2cccc(C(F)(F)F)n2)C1. The van der Waals surface area contributed by atoms with Crippen LogP contribution in [0.1, 0.15) is 30.3 Å². The standard InChI is InChI=1S/C11H10F3NO2/c12-11(13,14)10-3-1-2-8(15-10)9-6-7(16)4-5-17-9/h1-3,9H,4-6H2. The Balaban J connectivity index is 2.24. The number of ketones is 1. The van der Waals surface area contributed by atoms with Crippen molar-refractivity contribution in [1.82, 2.24) is 4.98 Å². The third-order valence-corrected chi connectivity index (χ3v) is 2.50. The van der Waals surface area contributed by atoms with Gasteiger partial charge in [0, 0.05) is 12.8 Å². The van der Waals surface area contributed by atoms with E-state index in [0.717, 1.165) is 6.07 Å². The summed E-state index contributed by atoms with van der Waals surface area (Å²) in [5.74, 6) is -0.0135. The topological polar surface area (TPSA) is 39.2 Å². The summed E-state index contributed by atoms with van der Waals surface area (Å²) >= 11 is 0. The highest BCUT2D eigenvalue weighted by molar-refractivity contribution is 5.79. The first-order valence-electron chi connectivity index (χ1n) is 5.14. The Labute approximate surface area is 95.6 Å². The van der Waals surface area contributed by atoms with Crippen molar-refractivity contribution < 1.29 is 22.7 Å². The molecule has 1 aliphatic heterocycles. The summed E-state index contributed by atoms with van der Waals surface area (Å²) < 4.78 is 42.6. The molecule has 1 atom stereocenters. The zero-order valence-corrected chi connectivity index (χ0v) is 8.83. The van der Waals surface area contributed by atoms with Gasteiger partial charge < -0.3 is 4.74 Å². The number of alkyl halides is 3. The van der Waals surface area contributed by atoms with Crippen LogP contribution >= 0.6 is 0 Å². The summed E-state index contributed by atoms with van der Waals surface area (Å²) in [7, 11) is 0. The number of aromatic nitrogens is 1. The summed E-state index contributed by atoms with van der Waals surface area (Å²) in [6.07, 6.45) is -4.73. The second-order valence-corrected chi connectivity index (χ2v) is 3.80. The van der Waals surface area contributed by atoms with Crippen LogP contribution in [-0.2, 0) is 15.7 Å². The van der Waals surface area contributed by atoms with E-state index in [1.807, 2.05) is 0 Å². The van der Waals surface area contributed by atoms with E-state index >= 15 is 0 Å². The van der Waals surface area contributed by atoms with Crippen LogP contribution in [0, 0.1) is 0 Å². The highest BCUT2D eigenvalue weighted by Gasteiger charge is 2.33. The van der Waals surface area contributed by atoms with Crippen LogP contribution in [0.25, 0.3) is 0 Å². The molecular formula is C11H10F3NO2. The first-order chi connectivity index (χ1) is 7.97. The molecule has 6 heteroatoms. The fourth-order valence-corrected chi connectivity index (χ4v) is 1.66. The van der Waals surface area contributed by atoms with Gasteiger partial charge in [-0.1, -0.05) is 6.07 Å². The molecule has 0 N–H and O–H groups in total. The van der Waals surface area contributed by atoms with E-state index < -0.39 is 18.0 Å². The van der Waals surface area contributed by atoms with Crippen molar-refractivity contribution in [3.05, 3.63) is 29.6 Å². The third kappa shape index (κ3) is 2.82. The van der Waals surface area contributed by atoms with Crippen molar-refractivity contribution in [3.8, 4) is 0 Å². The van der Waals surface area contributed by atoms with Gasteiger partial charge in [-0.2, -0.15) is 13.2 Å². The maximum atomic E-state index is 12.4. The number of ether oxygens (including phenoxy) is 1. The quantitative estimate of drug-likeness (QED) is 0.763. The van der Waals surface area contributed by atoms with Crippen molar-refractivity contribution in [2.24, 2.45) is 0 Å². The van der Waals surface area contributed by atoms with Gasteiger partial charge in [-0.25, -0.2) is 4.98 Å². The van der Waals surface area contributed by atoms with E-state index in [4.69, 9.17) is 4.74 Å². The minimum absolute atomic E-state index is 0.0135. The Bertz CT molecular complexity index is 431. The summed E-state index contributed by atoms with van der Waals surface area (Å²) in [6, 6.07) is 3.61. The van der Waals surface area contributed by atoms with E-state index in [-0.39, 0.29) is 24.5 Å². The normalized spacial score (nSPS) is 21.6. The van der Waals surface area contributed by atoms with Crippen LogP contribution < -0.4 is 0 Å². The van der Waals surface area contributed by atoms with Crippen molar-refractivity contribution in [2.75, 3.05) is 6.61 Å². The molecule has 0 aromatic carbocycles. The van der Waals surface area contributed by atoms with Crippen molar-refractivity contribution in [3.63, 3.8) is 0 Å². The number of pyridine rings is 1. The Kier molecular flexibility index (Phi) is 3.15. The van der Waals surface area contributed by atoms with Crippen LogP contribution in [0.15, 0.2) is 18.2 Å². The Morgan fingerprint density at radius 2 is 2.12 bits per heavy atom. The fourth-order valence-electron chi connectivity index (χ4n) is 1.66. The largest absolute Gasteiger partial charge is 0.433 e. The van der Waals surface area contributed by atoms with Gasteiger partial charge in [0.2, 0.25) is 0 Å². The molecule has 3 nitrogen and oxygen atoms in total. The van der Waals surface area contributed by atoms with Crippen molar-refractivity contribution in [1.29, 1.82) is 0 Å². The number of rotatable bonds is 1. The summed E-state index contributed by atoms with van der Waals surface area (Å²) in [6.45, 7) is 0.238. The average molecular weight is 245 g/mol. The predicted octanol–water partition coefficient (Wildman–Crippen LogP) is 2.52. The van der Waals surface area contributed by atoms with Crippen LogP contribution in [-0.4, -0.2) is 17.4 Å². The van der Waals surface area contributed by atoms with Gasteiger partial charge in [-0.15, -0.1) is 0 Å². The predicted molar refractivity (Wildman–Crippen MR) is 52.2 cm³/mol. The molecule has 2 heterocycles. The Morgan fingerprint density at radius 3 is 2.76 bits per heavy atom. The number of hydrogen-bond donors (Lipinski definition) is 0. The molecule has 17 heavy (non-hydrogen) atoms. The van der Waals surface area contributed by atoms with E-state index in [1.165, 1.54) is 12.1 Å². The maximum absolute atomic E-state index is 12.4. The molecule has 1 aromatic heterocycles. The smallest absolute Gasteiger partial charge is 0.371 e. The fraction of sp³-hybridized carbons (Fsp3) is 0.455. The molecule has 92 valence electrons.